The fourth-order valence-electron chi connectivity index (χ4n) is 1.90. The zero-order valence-corrected chi connectivity index (χ0v) is 14.8. The van der Waals surface area contributed by atoms with Gasteiger partial charge in [0.15, 0.2) is 11.5 Å². The van der Waals surface area contributed by atoms with Gasteiger partial charge in [-0.1, -0.05) is 29.3 Å². The van der Waals surface area contributed by atoms with E-state index < -0.39 is 10.0 Å². The van der Waals surface area contributed by atoms with E-state index in [2.05, 4.69) is 4.72 Å². The molecule has 124 valence electrons. The van der Waals surface area contributed by atoms with Gasteiger partial charge in [-0.2, -0.15) is 0 Å². The zero-order chi connectivity index (χ0) is 17.0. The second kappa shape index (κ2) is 7.40. The molecule has 5 nitrogen and oxygen atoms in total. The summed E-state index contributed by atoms with van der Waals surface area (Å²) in [5, 5.41) is 0.478. The Balaban J connectivity index is 2.17. The average molecular weight is 376 g/mol. The van der Waals surface area contributed by atoms with Gasteiger partial charge in [0.2, 0.25) is 10.0 Å². The first-order valence-electron chi connectivity index (χ1n) is 6.53. The smallest absolute Gasteiger partial charge is 0.240 e. The van der Waals surface area contributed by atoms with Crippen molar-refractivity contribution >= 4 is 33.2 Å². The first-order chi connectivity index (χ1) is 10.9. The maximum absolute atomic E-state index is 12.3. The quantitative estimate of drug-likeness (QED) is 0.838. The molecule has 0 unspecified atom stereocenters. The van der Waals surface area contributed by atoms with Crippen molar-refractivity contribution in [3.05, 3.63) is 52.0 Å². The summed E-state index contributed by atoms with van der Waals surface area (Å²) in [6.07, 6.45) is 0. The molecule has 2 aromatic carbocycles. The first-order valence-corrected chi connectivity index (χ1v) is 8.77. The van der Waals surface area contributed by atoms with Gasteiger partial charge in [-0.3, -0.25) is 0 Å². The van der Waals surface area contributed by atoms with E-state index in [0.717, 1.165) is 5.56 Å². The van der Waals surface area contributed by atoms with Gasteiger partial charge in [-0.05, 0) is 35.9 Å². The number of methoxy groups -OCH3 is 2. The van der Waals surface area contributed by atoms with E-state index in [1.165, 1.54) is 32.4 Å². The molecule has 8 heteroatoms. The molecular formula is C15H15Cl2NO4S. The van der Waals surface area contributed by atoms with Crippen molar-refractivity contribution in [1.29, 1.82) is 0 Å². The monoisotopic (exact) mass is 375 g/mol. The summed E-state index contributed by atoms with van der Waals surface area (Å²) >= 11 is 11.6. The van der Waals surface area contributed by atoms with E-state index in [9.17, 15) is 8.42 Å². The summed E-state index contributed by atoms with van der Waals surface area (Å²) in [4.78, 5) is 0.0485. The molecule has 0 radical (unpaired) electrons. The van der Waals surface area contributed by atoms with Crippen LogP contribution in [0.3, 0.4) is 0 Å². The summed E-state index contributed by atoms with van der Waals surface area (Å²) in [6.45, 7) is 0.100. The predicted molar refractivity (Wildman–Crippen MR) is 90.0 cm³/mol. The number of hydrogen-bond donors (Lipinski definition) is 1. The second-order valence-electron chi connectivity index (χ2n) is 4.59. The molecular weight excluding hydrogens is 361 g/mol. The van der Waals surface area contributed by atoms with Crippen molar-refractivity contribution in [2.45, 2.75) is 11.4 Å². The van der Waals surface area contributed by atoms with Gasteiger partial charge >= 0.3 is 0 Å². The minimum atomic E-state index is -3.70. The van der Waals surface area contributed by atoms with Crippen LogP contribution in [0.5, 0.6) is 11.5 Å². The van der Waals surface area contributed by atoms with Crippen LogP contribution in [0.25, 0.3) is 0 Å². The van der Waals surface area contributed by atoms with Crippen LogP contribution < -0.4 is 14.2 Å². The predicted octanol–water partition coefficient (Wildman–Crippen LogP) is 3.49. The van der Waals surface area contributed by atoms with Crippen LogP contribution in [0.15, 0.2) is 41.3 Å². The molecule has 0 saturated carbocycles. The maximum Gasteiger partial charge on any atom is 0.240 e. The molecule has 0 spiro atoms. The van der Waals surface area contributed by atoms with E-state index in [0.29, 0.717) is 16.5 Å². The number of nitrogens with one attached hydrogen (secondary N) is 1. The van der Waals surface area contributed by atoms with Crippen LogP contribution in [0.1, 0.15) is 5.56 Å². The highest BCUT2D eigenvalue weighted by Crippen LogP contribution is 2.28. The van der Waals surface area contributed by atoms with Crippen molar-refractivity contribution in [2.75, 3.05) is 14.2 Å². The van der Waals surface area contributed by atoms with Gasteiger partial charge in [0, 0.05) is 6.54 Å². The third-order valence-electron chi connectivity index (χ3n) is 3.12. The van der Waals surface area contributed by atoms with E-state index in [4.69, 9.17) is 32.7 Å². The molecule has 0 aliphatic carbocycles. The highest BCUT2D eigenvalue weighted by molar-refractivity contribution is 7.89. The minimum Gasteiger partial charge on any atom is -0.493 e. The Bertz CT molecular complexity index is 809. The van der Waals surface area contributed by atoms with Crippen LogP contribution in [0, 0.1) is 0 Å². The number of sulfonamides is 1. The Morgan fingerprint density at radius 1 is 0.957 bits per heavy atom. The Hall–Kier alpha value is -1.47. The molecule has 2 aromatic rings. The van der Waals surface area contributed by atoms with Crippen LogP contribution in [0.2, 0.25) is 10.0 Å². The maximum atomic E-state index is 12.3. The first kappa shape index (κ1) is 17.9. The molecule has 0 aliphatic rings. The molecule has 0 bridgehead atoms. The summed E-state index contributed by atoms with van der Waals surface area (Å²) in [5.41, 5.74) is 0.728. The highest BCUT2D eigenvalue weighted by atomic mass is 35.5. The van der Waals surface area contributed by atoms with Gasteiger partial charge in [-0.15, -0.1) is 0 Å². The van der Waals surface area contributed by atoms with Gasteiger partial charge in [-0.25, -0.2) is 13.1 Å². The van der Waals surface area contributed by atoms with Crippen molar-refractivity contribution in [1.82, 2.24) is 4.72 Å². The number of rotatable bonds is 6. The second-order valence-corrected chi connectivity index (χ2v) is 7.17. The highest BCUT2D eigenvalue weighted by Gasteiger charge is 2.15. The Kier molecular flexibility index (Phi) is 5.75. The third kappa shape index (κ3) is 4.29. The molecule has 23 heavy (non-hydrogen) atoms. The summed E-state index contributed by atoms with van der Waals surface area (Å²) in [7, 11) is -0.651. The van der Waals surface area contributed by atoms with E-state index in [-0.39, 0.29) is 16.5 Å². The van der Waals surface area contributed by atoms with Gasteiger partial charge in [0.25, 0.3) is 0 Å². The van der Waals surface area contributed by atoms with Gasteiger partial charge in [0.1, 0.15) is 0 Å². The lowest BCUT2D eigenvalue weighted by atomic mass is 10.2. The number of ether oxygens (including phenoxy) is 2. The SMILES string of the molecule is COc1ccc(CNS(=O)(=O)c2ccc(Cl)c(Cl)c2)cc1OC. The Morgan fingerprint density at radius 3 is 2.26 bits per heavy atom. The molecule has 1 N–H and O–H groups in total. The fourth-order valence-corrected chi connectivity index (χ4v) is 3.30. The van der Waals surface area contributed by atoms with Crippen molar-refractivity contribution < 1.29 is 17.9 Å². The van der Waals surface area contributed by atoms with Crippen LogP contribution >= 0.6 is 23.2 Å². The van der Waals surface area contributed by atoms with Crippen molar-refractivity contribution in [2.24, 2.45) is 0 Å². The lowest BCUT2D eigenvalue weighted by Crippen LogP contribution is -2.23. The van der Waals surface area contributed by atoms with E-state index in [1.807, 2.05) is 0 Å². The molecule has 0 amide bonds. The largest absolute Gasteiger partial charge is 0.493 e. The van der Waals surface area contributed by atoms with E-state index in [1.54, 1.807) is 18.2 Å². The van der Waals surface area contributed by atoms with E-state index >= 15 is 0 Å². The summed E-state index contributed by atoms with van der Waals surface area (Å²) in [6, 6.07) is 9.30. The molecule has 0 atom stereocenters. The van der Waals surface area contributed by atoms with Crippen LogP contribution in [-0.4, -0.2) is 22.6 Å². The van der Waals surface area contributed by atoms with Gasteiger partial charge < -0.3 is 9.47 Å². The molecule has 0 aliphatic heterocycles. The molecule has 0 heterocycles. The minimum absolute atomic E-state index is 0.0485. The van der Waals surface area contributed by atoms with Crippen LogP contribution in [0.4, 0.5) is 0 Å². The van der Waals surface area contributed by atoms with Gasteiger partial charge in [0.05, 0.1) is 29.2 Å². The Morgan fingerprint density at radius 2 is 1.65 bits per heavy atom. The lowest BCUT2D eigenvalue weighted by molar-refractivity contribution is 0.354. The number of benzene rings is 2. The molecule has 0 aromatic heterocycles. The lowest BCUT2D eigenvalue weighted by Gasteiger charge is -2.11. The summed E-state index contributed by atoms with van der Waals surface area (Å²) < 4.78 is 37.4. The standard InChI is InChI=1S/C15H15Cl2NO4S/c1-21-14-6-3-10(7-15(14)22-2)9-18-23(19,20)11-4-5-12(16)13(17)8-11/h3-8,18H,9H2,1-2H3. The van der Waals surface area contributed by atoms with Crippen LogP contribution in [-0.2, 0) is 16.6 Å². The molecule has 2 rings (SSSR count). The van der Waals surface area contributed by atoms with Crippen molar-refractivity contribution in [3.63, 3.8) is 0 Å². The molecule has 0 fully saturated rings. The molecule has 0 saturated heterocycles. The number of hydrogen-bond acceptors (Lipinski definition) is 4. The van der Waals surface area contributed by atoms with Crippen molar-refractivity contribution in [3.8, 4) is 11.5 Å². The normalized spacial score (nSPS) is 11.3. The average Bonchev–Trinajstić information content (AvgIpc) is 2.55. The number of halogens is 2. The Labute approximate surface area is 145 Å². The third-order valence-corrected chi connectivity index (χ3v) is 5.25. The topological polar surface area (TPSA) is 64.6 Å². The zero-order valence-electron chi connectivity index (χ0n) is 12.5. The fraction of sp³-hybridized carbons (Fsp3) is 0.200. The summed E-state index contributed by atoms with van der Waals surface area (Å²) in [5.74, 6) is 1.10.